The lowest BCUT2D eigenvalue weighted by atomic mass is 9.86. The van der Waals surface area contributed by atoms with Gasteiger partial charge in [0.25, 0.3) is 0 Å². The van der Waals surface area contributed by atoms with Gasteiger partial charge in [-0.1, -0.05) is 29.8 Å². The van der Waals surface area contributed by atoms with Gasteiger partial charge in [0.1, 0.15) is 0 Å². The second-order valence-corrected chi connectivity index (χ2v) is 5.31. The van der Waals surface area contributed by atoms with Crippen LogP contribution in [0.3, 0.4) is 0 Å². The highest BCUT2D eigenvalue weighted by Crippen LogP contribution is 2.27. The Balaban J connectivity index is 1.88. The Morgan fingerprint density at radius 2 is 1.94 bits per heavy atom. The second-order valence-electron chi connectivity index (χ2n) is 5.31. The van der Waals surface area contributed by atoms with Crippen LogP contribution in [0.5, 0.6) is 0 Å². The van der Waals surface area contributed by atoms with Gasteiger partial charge in [-0.2, -0.15) is 0 Å². The quantitative estimate of drug-likeness (QED) is 0.838. The molecule has 1 heterocycles. The van der Waals surface area contributed by atoms with Gasteiger partial charge in [-0.25, -0.2) is 0 Å². The van der Waals surface area contributed by atoms with Crippen LogP contribution in [0.15, 0.2) is 24.3 Å². The topological polar surface area (TPSA) is 32.7 Å². The first kappa shape index (κ1) is 12.6. The molecule has 1 fully saturated rings. The Kier molecular flexibility index (Phi) is 3.82. The molecule has 0 bridgehead atoms. The first-order valence-corrected chi connectivity index (χ1v) is 6.06. The summed E-state index contributed by atoms with van der Waals surface area (Å²) in [4.78, 5) is 2.25. The van der Waals surface area contributed by atoms with Crippen LogP contribution in [-0.2, 0) is 11.3 Å². The van der Waals surface area contributed by atoms with Gasteiger partial charge in [0.2, 0.25) is 0 Å². The lowest BCUT2D eigenvalue weighted by molar-refractivity contribution is -0.147. The number of hydrogen-bond acceptors (Lipinski definition) is 3. The molecule has 0 radical (unpaired) electrons. The Bertz CT molecular complexity index is 351. The van der Waals surface area contributed by atoms with Crippen LogP contribution in [0.2, 0.25) is 0 Å². The van der Waals surface area contributed by atoms with Gasteiger partial charge in [-0.15, -0.1) is 0 Å². The molecule has 1 aliphatic heterocycles. The van der Waals surface area contributed by atoms with Crippen LogP contribution in [-0.4, -0.2) is 43.4 Å². The molecule has 1 N–H and O–H groups in total. The average Bonchev–Trinajstić information content (AvgIpc) is 2.27. The Labute approximate surface area is 103 Å². The van der Waals surface area contributed by atoms with E-state index in [2.05, 4.69) is 43.1 Å². The molecule has 0 saturated carbocycles. The fourth-order valence-electron chi connectivity index (χ4n) is 2.26. The molecule has 0 unspecified atom stereocenters. The maximum atomic E-state index is 9.38. The zero-order valence-electron chi connectivity index (χ0n) is 10.6. The molecular formula is C14H21NO2. The maximum Gasteiger partial charge on any atom is 0.0579 e. The third kappa shape index (κ3) is 3.06. The van der Waals surface area contributed by atoms with Crippen molar-refractivity contribution in [1.29, 1.82) is 0 Å². The fourth-order valence-corrected chi connectivity index (χ4v) is 2.26. The zero-order chi connectivity index (χ0) is 12.3. The van der Waals surface area contributed by atoms with E-state index in [9.17, 15) is 5.11 Å². The molecule has 0 aliphatic carbocycles. The third-order valence-corrected chi connectivity index (χ3v) is 3.33. The molecule has 0 aromatic heterocycles. The summed E-state index contributed by atoms with van der Waals surface area (Å²) in [6, 6.07) is 8.60. The number of aliphatic hydroxyl groups is 1. The van der Waals surface area contributed by atoms with E-state index >= 15 is 0 Å². The molecule has 17 heavy (non-hydrogen) atoms. The highest BCUT2D eigenvalue weighted by atomic mass is 16.5. The van der Waals surface area contributed by atoms with Crippen molar-refractivity contribution in [3.63, 3.8) is 0 Å². The van der Waals surface area contributed by atoms with E-state index in [-0.39, 0.29) is 12.0 Å². The van der Waals surface area contributed by atoms with E-state index in [1.807, 2.05) is 0 Å². The molecule has 3 nitrogen and oxygen atoms in total. The number of rotatable bonds is 5. The van der Waals surface area contributed by atoms with Crippen LogP contribution >= 0.6 is 0 Å². The number of benzene rings is 1. The van der Waals surface area contributed by atoms with Crippen molar-refractivity contribution in [2.75, 3.05) is 33.4 Å². The van der Waals surface area contributed by atoms with Crippen molar-refractivity contribution < 1.29 is 9.84 Å². The summed E-state index contributed by atoms with van der Waals surface area (Å²) < 4.78 is 5.21. The van der Waals surface area contributed by atoms with Crippen LogP contribution in [0, 0.1) is 12.3 Å². The van der Waals surface area contributed by atoms with E-state index in [1.54, 1.807) is 0 Å². The molecular weight excluding hydrogens is 214 g/mol. The Morgan fingerprint density at radius 3 is 2.41 bits per heavy atom. The van der Waals surface area contributed by atoms with Crippen LogP contribution in [0.25, 0.3) is 0 Å². The van der Waals surface area contributed by atoms with Gasteiger partial charge >= 0.3 is 0 Å². The first-order valence-electron chi connectivity index (χ1n) is 6.06. The molecule has 94 valence electrons. The molecule has 2 rings (SSSR count). The maximum absolute atomic E-state index is 9.38. The smallest absolute Gasteiger partial charge is 0.0579 e. The second kappa shape index (κ2) is 5.17. The molecule has 1 aliphatic rings. The van der Waals surface area contributed by atoms with Gasteiger partial charge in [-0.05, 0) is 19.5 Å². The van der Waals surface area contributed by atoms with Crippen molar-refractivity contribution in [2.24, 2.45) is 5.41 Å². The monoisotopic (exact) mass is 235 g/mol. The van der Waals surface area contributed by atoms with Crippen molar-refractivity contribution in [3.8, 4) is 0 Å². The first-order chi connectivity index (χ1) is 8.13. The molecule has 0 amide bonds. The molecule has 0 atom stereocenters. The number of aliphatic hydroxyl groups excluding tert-OH is 1. The van der Waals surface area contributed by atoms with Crippen molar-refractivity contribution in [3.05, 3.63) is 35.4 Å². The van der Waals surface area contributed by atoms with E-state index in [4.69, 9.17) is 4.74 Å². The van der Waals surface area contributed by atoms with Crippen molar-refractivity contribution in [2.45, 2.75) is 13.5 Å². The minimum absolute atomic E-state index is 0.0283. The summed E-state index contributed by atoms with van der Waals surface area (Å²) in [6.07, 6.45) is 0. The van der Waals surface area contributed by atoms with Crippen LogP contribution in [0.4, 0.5) is 0 Å². The highest BCUT2D eigenvalue weighted by molar-refractivity contribution is 5.21. The van der Waals surface area contributed by atoms with Crippen LogP contribution in [0.1, 0.15) is 11.1 Å². The van der Waals surface area contributed by atoms with E-state index in [1.165, 1.54) is 11.1 Å². The lowest BCUT2D eigenvalue weighted by Gasteiger charge is -2.42. The number of aryl methyl sites for hydroxylation is 1. The van der Waals surface area contributed by atoms with Crippen molar-refractivity contribution >= 4 is 0 Å². The van der Waals surface area contributed by atoms with Gasteiger partial charge in [0.05, 0.1) is 25.2 Å². The summed E-state index contributed by atoms with van der Waals surface area (Å²) in [5.74, 6) is 0. The third-order valence-electron chi connectivity index (χ3n) is 3.33. The van der Waals surface area contributed by atoms with Gasteiger partial charge < -0.3 is 14.7 Å². The van der Waals surface area contributed by atoms with Crippen molar-refractivity contribution in [1.82, 2.24) is 4.90 Å². The standard InChI is InChI=1S/C14H21NO2/c1-12-3-5-13(6-4-12)7-15(2)8-14(9-16)10-17-11-14/h3-6,16H,7-11H2,1-2H3. The summed E-state index contributed by atoms with van der Waals surface area (Å²) >= 11 is 0. The minimum atomic E-state index is -0.0283. The molecule has 1 saturated heterocycles. The normalized spacial score (nSPS) is 18.1. The number of hydrogen-bond donors (Lipinski definition) is 1. The minimum Gasteiger partial charge on any atom is -0.396 e. The SMILES string of the molecule is Cc1ccc(CN(C)CC2(CO)COC2)cc1. The van der Waals surface area contributed by atoms with Gasteiger partial charge in [0, 0.05) is 13.1 Å². The summed E-state index contributed by atoms with van der Waals surface area (Å²) in [6.45, 7) is 5.48. The summed E-state index contributed by atoms with van der Waals surface area (Å²) in [7, 11) is 2.09. The molecule has 3 heteroatoms. The molecule has 1 aromatic carbocycles. The predicted molar refractivity (Wildman–Crippen MR) is 67.9 cm³/mol. The highest BCUT2D eigenvalue weighted by Gasteiger charge is 2.38. The average molecular weight is 235 g/mol. The largest absolute Gasteiger partial charge is 0.396 e. The van der Waals surface area contributed by atoms with Gasteiger partial charge in [-0.3, -0.25) is 0 Å². The van der Waals surface area contributed by atoms with E-state index in [0.29, 0.717) is 13.2 Å². The summed E-state index contributed by atoms with van der Waals surface area (Å²) in [5, 5.41) is 9.38. The van der Waals surface area contributed by atoms with Gasteiger partial charge in [0.15, 0.2) is 0 Å². The zero-order valence-corrected chi connectivity index (χ0v) is 10.6. The number of ether oxygens (including phenoxy) is 1. The Morgan fingerprint density at radius 1 is 1.29 bits per heavy atom. The molecule has 0 spiro atoms. The van der Waals surface area contributed by atoms with Crippen LogP contribution < -0.4 is 0 Å². The fraction of sp³-hybridized carbons (Fsp3) is 0.571. The van der Waals surface area contributed by atoms with E-state index in [0.717, 1.165) is 13.1 Å². The Hall–Kier alpha value is -0.900. The van der Waals surface area contributed by atoms with E-state index < -0.39 is 0 Å². The predicted octanol–water partition coefficient (Wildman–Crippen LogP) is 1.44. The molecule has 1 aromatic rings. The lowest BCUT2D eigenvalue weighted by Crippen LogP contribution is -2.52. The number of nitrogens with zero attached hydrogens (tertiary/aromatic N) is 1. The summed E-state index contributed by atoms with van der Waals surface area (Å²) in [5.41, 5.74) is 2.57.